The third kappa shape index (κ3) is 4.91. The maximum atomic E-state index is 4.46. The van der Waals surface area contributed by atoms with Gasteiger partial charge in [0.2, 0.25) is 0 Å². The second-order valence-electron chi connectivity index (χ2n) is 4.98. The average Bonchev–Trinajstić information content (AvgIpc) is 2.76. The van der Waals surface area contributed by atoms with Crippen molar-refractivity contribution in [2.24, 2.45) is 10.9 Å². The summed E-state index contributed by atoms with van der Waals surface area (Å²) in [5, 5.41) is 6.62. The Bertz CT molecular complexity index is 419. The second kappa shape index (κ2) is 8.04. The van der Waals surface area contributed by atoms with E-state index in [-0.39, 0.29) is 24.0 Å². The van der Waals surface area contributed by atoms with Crippen LogP contribution in [0.1, 0.15) is 30.5 Å². The van der Waals surface area contributed by atoms with Crippen LogP contribution in [0.5, 0.6) is 0 Å². The van der Waals surface area contributed by atoms with Gasteiger partial charge in [-0.05, 0) is 25.7 Å². The number of halogens is 1. The van der Waals surface area contributed by atoms with Crippen molar-refractivity contribution in [3.05, 3.63) is 16.1 Å². The van der Waals surface area contributed by atoms with Crippen molar-refractivity contribution in [1.82, 2.24) is 15.2 Å². The van der Waals surface area contributed by atoms with Crippen molar-refractivity contribution >= 4 is 41.3 Å². The normalized spacial score (nSPS) is 20.1. The Balaban J connectivity index is 0.00000180. The van der Waals surface area contributed by atoms with Crippen LogP contribution in [0.2, 0.25) is 0 Å². The van der Waals surface area contributed by atoms with Gasteiger partial charge in [-0.2, -0.15) is 0 Å². The minimum absolute atomic E-state index is 0. The van der Waals surface area contributed by atoms with Crippen molar-refractivity contribution in [1.29, 1.82) is 0 Å². The van der Waals surface area contributed by atoms with Gasteiger partial charge in [0, 0.05) is 31.2 Å². The first-order valence-electron chi connectivity index (χ1n) is 6.55. The Labute approximate surface area is 136 Å². The molecule has 0 amide bonds. The van der Waals surface area contributed by atoms with E-state index >= 15 is 0 Å². The summed E-state index contributed by atoms with van der Waals surface area (Å²) in [5.74, 6) is 1.77. The molecule has 6 heteroatoms. The van der Waals surface area contributed by atoms with Crippen LogP contribution < -0.4 is 5.32 Å². The topological polar surface area (TPSA) is 40.5 Å². The predicted molar refractivity (Wildman–Crippen MR) is 92.4 cm³/mol. The number of piperidine rings is 1. The summed E-state index contributed by atoms with van der Waals surface area (Å²) in [6, 6.07) is 0. The number of aryl methyl sites for hydroxylation is 1. The van der Waals surface area contributed by atoms with Gasteiger partial charge in [0.15, 0.2) is 5.96 Å². The van der Waals surface area contributed by atoms with Crippen LogP contribution in [-0.4, -0.2) is 36.0 Å². The minimum Gasteiger partial charge on any atom is -0.350 e. The standard InChI is InChI=1S/C13H22N4S.HI/c1-10-5-4-6-17(8-10)13(14-3)15-7-12-16-11(2)9-18-12;/h9-10H,4-8H2,1-3H3,(H,14,15);1H. The Kier molecular flexibility index (Phi) is 7.06. The van der Waals surface area contributed by atoms with Gasteiger partial charge in [0.05, 0.1) is 6.54 Å². The highest BCUT2D eigenvalue weighted by Crippen LogP contribution is 2.15. The van der Waals surface area contributed by atoms with Crippen molar-refractivity contribution in [3.63, 3.8) is 0 Å². The van der Waals surface area contributed by atoms with E-state index in [2.05, 4.69) is 32.5 Å². The molecule has 0 aliphatic carbocycles. The van der Waals surface area contributed by atoms with Crippen LogP contribution in [0.15, 0.2) is 10.4 Å². The summed E-state index contributed by atoms with van der Waals surface area (Å²) in [6.07, 6.45) is 2.59. The first-order chi connectivity index (χ1) is 8.69. The van der Waals surface area contributed by atoms with Crippen LogP contribution in [-0.2, 0) is 6.54 Å². The zero-order chi connectivity index (χ0) is 13.0. The number of guanidine groups is 1. The lowest BCUT2D eigenvalue weighted by molar-refractivity contribution is 0.266. The number of aromatic nitrogens is 1. The largest absolute Gasteiger partial charge is 0.350 e. The molecule has 0 saturated carbocycles. The van der Waals surface area contributed by atoms with Crippen molar-refractivity contribution < 1.29 is 0 Å². The number of aliphatic imine (C=N–C) groups is 1. The molecule has 1 N–H and O–H groups in total. The average molecular weight is 394 g/mol. The Morgan fingerprint density at radius 2 is 2.42 bits per heavy atom. The Morgan fingerprint density at radius 1 is 1.63 bits per heavy atom. The fraction of sp³-hybridized carbons (Fsp3) is 0.692. The maximum absolute atomic E-state index is 4.46. The molecule has 1 atom stereocenters. The number of hydrogen-bond acceptors (Lipinski definition) is 3. The lowest BCUT2D eigenvalue weighted by Crippen LogP contribution is -2.45. The zero-order valence-corrected chi connectivity index (χ0v) is 15.0. The molecule has 1 fully saturated rings. The van der Waals surface area contributed by atoms with E-state index in [9.17, 15) is 0 Å². The smallest absolute Gasteiger partial charge is 0.194 e. The minimum atomic E-state index is 0. The summed E-state index contributed by atoms with van der Waals surface area (Å²) in [4.78, 5) is 11.2. The van der Waals surface area contributed by atoms with Gasteiger partial charge in [-0.3, -0.25) is 4.99 Å². The molecule has 19 heavy (non-hydrogen) atoms. The molecule has 1 aromatic heterocycles. The first-order valence-corrected chi connectivity index (χ1v) is 7.43. The van der Waals surface area contributed by atoms with Crippen molar-refractivity contribution in [3.8, 4) is 0 Å². The van der Waals surface area contributed by atoms with E-state index in [1.165, 1.54) is 12.8 Å². The maximum Gasteiger partial charge on any atom is 0.194 e. The molecule has 2 heterocycles. The van der Waals surface area contributed by atoms with E-state index in [1.54, 1.807) is 11.3 Å². The molecule has 4 nitrogen and oxygen atoms in total. The Morgan fingerprint density at radius 3 is 3.00 bits per heavy atom. The van der Waals surface area contributed by atoms with Crippen LogP contribution >= 0.6 is 35.3 Å². The summed E-state index contributed by atoms with van der Waals surface area (Å²) in [6.45, 7) is 7.33. The summed E-state index contributed by atoms with van der Waals surface area (Å²) >= 11 is 1.70. The Hall–Kier alpha value is -0.370. The highest BCUT2D eigenvalue weighted by molar-refractivity contribution is 14.0. The van der Waals surface area contributed by atoms with E-state index in [1.807, 2.05) is 14.0 Å². The lowest BCUT2D eigenvalue weighted by atomic mass is 10.0. The van der Waals surface area contributed by atoms with Gasteiger partial charge >= 0.3 is 0 Å². The molecule has 1 aliphatic rings. The second-order valence-corrected chi connectivity index (χ2v) is 5.92. The lowest BCUT2D eigenvalue weighted by Gasteiger charge is -2.33. The van der Waals surface area contributed by atoms with Crippen LogP contribution in [0.4, 0.5) is 0 Å². The molecule has 0 bridgehead atoms. The highest BCUT2D eigenvalue weighted by Gasteiger charge is 2.19. The molecule has 1 saturated heterocycles. The number of nitrogens with zero attached hydrogens (tertiary/aromatic N) is 3. The fourth-order valence-corrected chi connectivity index (χ4v) is 3.06. The van der Waals surface area contributed by atoms with E-state index < -0.39 is 0 Å². The number of likely N-dealkylation sites (tertiary alicyclic amines) is 1. The first kappa shape index (κ1) is 16.7. The van der Waals surface area contributed by atoms with Gasteiger partial charge in [-0.1, -0.05) is 6.92 Å². The number of thiazole rings is 1. The van der Waals surface area contributed by atoms with Gasteiger partial charge < -0.3 is 10.2 Å². The van der Waals surface area contributed by atoms with Crippen LogP contribution in [0.3, 0.4) is 0 Å². The van der Waals surface area contributed by atoms with Crippen LogP contribution in [0.25, 0.3) is 0 Å². The van der Waals surface area contributed by atoms with Gasteiger partial charge in [0.1, 0.15) is 5.01 Å². The fourth-order valence-electron chi connectivity index (χ4n) is 2.35. The van der Waals surface area contributed by atoms with Crippen LogP contribution in [0, 0.1) is 12.8 Å². The third-order valence-electron chi connectivity index (χ3n) is 3.23. The molecule has 0 radical (unpaired) electrons. The molecule has 1 aromatic rings. The predicted octanol–water partition coefficient (Wildman–Crippen LogP) is 2.88. The number of hydrogen-bond donors (Lipinski definition) is 1. The third-order valence-corrected chi connectivity index (χ3v) is 4.20. The SMILES string of the molecule is CN=C(NCc1nc(C)cs1)N1CCCC(C)C1.I. The molecular weight excluding hydrogens is 371 g/mol. The van der Waals surface area contributed by atoms with Crippen molar-refractivity contribution in [2.75, 3.05) is 20.1 Å². The summed E-state index contributed by atoms with van der Waals surface area (Å²) in [5.41, 5.74) is 1.10. The monoisotopic (exact) mass is 394 g/mol. The number of rotatable bonds is 2. The molecule has 1 aliphatic heterocycles. The van der Waals surface area contributed by atoms with Gasteiger partial charge in [-0.25, -0.2) is 4.98 Å². The molecule has 1 unspecified atom stereocenters. The summed E-state index contributed by atoms with van der Waals surface area (Å²) in [7, 11) is 1.86. The molecule has 108 valence electrons. The van der Waals surface area contributed by atoms with Gasteiger partial charge in [-0.15, -0.1) is 35.3 Å². The molecule has 2 rings (SSSR count). The quantitative estimate of drug-likeness (QED) is 0.477. The number of nitrogens with one attached hydrogen (secondary N) is 1. The molecule has 0 spiro atoms. The molecular formula is C13H23IN4S. The summed E-state index contributed by atoms with van der Waals surface area (Å²) < 4.78 is 0. The van der Waals surface area contributed by atoms with E-state index in [4.69, 9.17) is 0 Å². The van der Waals surface area contributed by atoms with Gasteiger partial charge in [0.25, 0.3) is 0 Å². The van der Waals surface area contributed by atoms with E-state index in [0.717, 1.165) is 42.2 Å². The molecule has 0 aromatic carbocycles. The zero-order valence-electron chi connectivity index (χ0n) is 11.8. The van der Waals surface area contributed by atoms with E-state index in [0.29, 0.717) is 0 Å². The van der Waals surface area contributed by atoms with Crippen molar-refractivity contribution in [2.45, 2.75) is 33.2 Å². The highest BCUT2D eigenvalue weighted by atomic mass is 127.